The van der Waals surface area contributed by atoms with Crippen LogP contribution in [-0.4, -0.2) is 12.0 Å². The molecule has 0 radical (unpaired) electrons. The fourth-order valence-electron chi connectivity index (χ4n) is 2.29. The highest BCUT2D eigenvalue weighted by atomic mass is 19.1. The molecule has 19 heavy (non-hydrogen) atoms. The highest BCUT2D eigenvalue weighted by Crippen LogP contribution is 2.27. The molecule has 0 spiro atoms. The summed E-state index contributed by atoms with van der Waals surface area (Å²) in [7, 11) is 1.85. The van der Waals surface area contributed by atoms with E-state index in [1.807, 2.05) is 26.1 Å². The maximum absolute atomic E-state index is 13.5. The van der Waals surface area contributed by atoms with Crippen molar-refractivity contribution in [1.29, 1.82) is 0 Å². The van der Waals surface area contributed by atoms with E-state index in [-0.39, 0.29) is 5.82 Å². The van der Waals surface area contributed by atoms with Gasteiger partial charge in [-0.15, -0.1) is 0 Å². The Morgan fingerprint density at radius 1 is 1.26 bits per heavy atom. The van der Waals surface area contributed by atoms with Crippen molar-refractivity contribution in [2.45, 2.75) is 26.7 Å². The molecule has 0 atom stereocenters. The van der Waals surface area contributed by atoms with Crippen LogP contribution >= 0.6 is 0 Å². The molecule has 0 aliphatic heterocycles. The number of pyridine rings is 1. The molecule has 3 heteroatoms. The quantitative estimate of drug-likeness (QED) is 0.889. The Bertz CT molecular complexity index is 579. The molecule has 100 valence electrons. The monoisotopic (exact) mass is 258 g/mol. The van der Waals surface area contributed by atoms with Gasteiger partial charge in [-0.25, -0.2) is 9.37 Å². The Hall–Kier alpha value is -1.90. The van der Waals surface area contributed by atoms with Gasteiger partial charge >= 0.3 is 0 Å². The predicted molar refractivity (Wildman–Crippen MR) is 77.9 cm³/mol. The summed E-state index contributed by atoms with van der Waals surface area (Å²) >= 11 is 0. The predicted octanol–water partition coefficient (Wildman–Crippen LogP) is 4.19. The van der Waals surface area contributed by atoms with Gasteiger partial charge < -0.3 is 5.32 Å². The van der Waals surface area contributed by atoms with Crippen molar-refractivity contribution in [1.82, 2.24) is 4.98 Å². The molecular weight excluding hydrogens is 239 g/mol. The van der Waals surface area contributed by atoms with Gasteiger partial charge in [-0.1, -0.05) is 19.4 Å². The van der Waals surface area contributed by atoms with E-state index < -0.39 is 0 Å². The van der Waals surface area contributed by atoms with Crippen molar-refractivity contribution in [3.8, 4) is 11.1 Å². The second-order valence-electron chi connectivity index (χ2n) is 4.69. The van der Waals surface area contributed by atoms with Crippen molar-refractivity contribution in [3.63, 3.8) is 0 Å². The second-order valence-corrected chi connectivity index (χ2v) is 4.69. The Balaban J connectivity index is 2.51. The number of anilines is 1. The first-order chi connectivity index (χ1) is 9.15. The lowest BCUT2D eigenvalue weighted by Crippen LogP contribution is -1.97. The summed E-state index contributed by atoms with van der Waals surface area (Å²) in [6.07, 6.45) is 3.79. The Kier molecular flexibility index (Phi) is 4.15. The molecule has 0 fully saturated rings. The number of halogens is 1. The molecule has 1 aromatic carbocycles. The van der Waals surface area contributed by atoms with Crippen LogP contribution in [0.5, 0.6) is 0 Å². The van der Waals surface area contributed by atoms with Gasteiger partial charge in [0.15, 0.2) is 0 Å². The van der Waals surface area contributed by atoms with Crippen LogP contribution in [0.1, 0.15) is 24.5 Å². The Morgan fingerprint density at radius 3 is 2.68 bits per heavy atom. The number of hydrogen-bond donors (Lipinski definition) is 1. The van der Waals surface area contributed by atoms with Crippen molar-refractivity contribution < 1.29 is 4.39 Å². The first-order valence-electron chi connectivity index (χ1n) is 6.59. The van der Waals surface area contributed by atoms with E-state index in [9.17, 15) is 4.39 Å². The minimum absolute atomic E-state index is 0.204. The zero-order valence-corrected chi connectivity index (χ0v) is 11.6. The summed E-state index contributed by atoms with van der Waals surface area (Å²) < 4.78 is 13.5. The van der Waals surface area contributed by atoms with E-state index in [0.29, 0.717) is 0 Å². The summed E-state index contributed by atoms with van der Waals surface area (Å²) in [5.41, 5.74) is 4.15. The Morgan fingerprint density at radius 2 is 2.05 bits per heavy atom. The number of nitrogens with zero attached hydrogens (tertiary/aromatic N) is 1. The first kappa shape index (κ1) is 13.5. The molecule has 1 aromatic heterocycles. The number of hydrogen-bond acceptors (Lipinski definition) is 2. The van der Waals surface area contributed by atoms with E-state index in [4.69, 9.17) is 0 Å². The average Bonchev–Trinajstić information content (AvgIpc) is 2.41. The SMILES string of the molecule is CCCc1ccc(F)cc1-c1cnc(NC)c(C)c1. The number of rotatable bonds is 4. The van der Waals surface area contributed by atoms with Gasteiger partial charge in [0.1, 0.15) is 11.6 Å². The van der Waals surface area contributed by atoms with Gasteiger partial charge in [0, 0.05) is 18.8 Å². The van der Waals surface area contributed by atoms with Gasteiger partial charge in [-0.3, -0.25) is 0 Å². The van der Waals surface area contributed by atoms with Crippen molar-refractivity contribution in [2.75, 3.05) is 12.4 Å². The fourth-order valence-corrected chi connectivity index (χ4v) is 2.29. The number of aromatic nitrogens is 1. The summed E-state index contributed by atoms with van der Waals surface area (Å²) in [5, 5.41) is 3.04. The van der Waals surface area contributed by atoms with Gasteiger partial charge in [0.2, 0.25) is 0 Å². The standard InChI is InChI=1S/C16H19FN2/c1-4-5-12-6-7-14(17)9-15(12)13-8-11(2)16(18-3)19-10-13/h6-10H,4-5H2,1-3H3,(H,18,19). The van der Waals surface area contributed by atoms with Gasteiger partial charge in [0.25, 0.3) is 0 Å². The molecule has 0 aliphatic rings. The lowest BCUT2D eigenvalue weighted by Gasteiger charge is -2.11. The van der Waals surface area contributed by atoms with Gasteiger partial charge in [0.05, 0.1) is 0 Å². The minimum Gasteiger partial charge on any atom is -0.373 e. The van der Waals surface area contributed by atoms with E-state index in [1.54, 1.807) is 12.3 Å². The molecule has 2 nitrogen and oxygen atoms in total. The summed E-state index contributed by atoms with van der Waals surface area (Å²) in [5.74, 6) is 0.655. The van der Waals surface area contributed by atoms with Crippen molar-refractivity contribution >= 4 is 5.82 Å². The first-order valence-corrected chi connectivity index (χ1v) is 6.59. The zero-order chi connectivity index (χ0) is 13.8. The van der Waals surface area contributed by atoms with Crippen LogP contribution in [0, 0.1) is 12.7 Å². The van der Waals surface area contributed by atoms with Crippen LogP contribution in [0.25, 0.3) is 11.1 Å². The fraction of sp³-hybridized carbons (Fsp3) is 0.312. The molecule has 1 N–H and O–H groups in total. The third kappa shape index (κ3) is 2.92. The van der Waals surface area contributed by atoms with Crippen LogP contribution in [0.2, 0.25) is 0 Å². The lowest BCUT2D eigenvalue weighted by molar-refractivity contribution is 0.627. The number of nitrogens with one attached hydrogen (secondary N) is 1. The molecule has 0 saturated carbocycles. The molecule has 0 unspecified atom stereocenters. The van der Waals surface area contributed by atoms with E-state index in [1.165, 1.54) is 11.6 Å². The average molecular weight is 258 g/mol. The third-order valence-electron chi connectivity index (χ3n) is 3.22. The maximum atomic E-state index is 13.5. The lowest BCUT2D eigenvalue weighted by atomic mass is 9.97. The van der Waals surface area contributed by atoms with Crippen molar-refractivity contribution in [3.05, 3.63) is 47.4 Å². The maximum Gasteiger partial charge on any atom is 0.128 e. The van der Waals surface area contributed by atoms with Crippen LogP contribution in [0.3, 0.4) is 0 Å². The second kappa shape index (κ2) is 5.83. The van der Waals surface area contributed by atoms with Gasteiger partial charge in [-0.2, -0.15) is 0 Å². The molecule has 2 aromatic rings. The molecule has 0 bridgehead atoms. The van der Waals surface area contributed by atoms with Crippen LogP contribution in [-0.2, 0) is 6.42 Å². The number of aryl methyl sites for hydroxylation is 2. The summed E-state index contributed by atoms with van der Waals surface area (Å²) in [6, 6.07) is 7.04. The largest absolute Gasteiger partial charge is 0.373 e. The van der Waals surface area contributed by atoms with Gasteiger partial charge in [-0.05, 0) is 48.2 Å². The molecule has 0 aliphatic carbocycles. The molecule has 1 heterocycles. The minimum atomic E-state index is -0.204. The molecule has 0 amide bonds. The topological polar surface area (TPSA) is 24.9 Å². The van der Waals surface area contributed by atoms with E-state index >= 15 is 0 Å². The summed E-state index contributed by atoms with van der Waals surface area (Å²) in [4.78, 5) is 4.37. The zero-order valence-electron chi connectivity index (χ0n) is 11.6. The van der Waals surface area contributed by atoms with Crippen LogP contribution in [0.15, 0.2) is 30.5 Å². The normalized spacial score (nSPS) is 10.5. The highest BCUT2D eigenvalue weighted by molar-refractivity contribution is 5.69. The molecular formula is C16H19FN2. The van der Waals surface area contributed by atoms with E-state index in [0.717, 1.165) is 35.3 Å². The summed E-state index contributed by atoms with van der Waals surface area (Å²) in [6.45, 7) is 4.13. The van der Waals surface area contributed by atoms with Crippen molar-refractivity contribution in [2.24, 2.45) is 0 Å². The van der Waals surface area contributed by atoms with Crippen LogP contribution in [0.4, 0.5) is 10.2 Å². The number of benzene rings is 1. The van der Waals surface area contributed by atoms with E-state index in [2.05, 4.69) is 17.2 Å². The highest BCUT2D eigenvalue weighted by Gasteiger charge is 2.08. The van der Waals surface area contributed by atoms with Crippen LogP contribution < -0.4 is 5.32 Å². The third-order valence-corrected chi connectivity index (χ3v) is 3.22. The smallest absolute Gasteiger partial charge is 0.128 e. The molecule has 2 rings (SSSR count). The Labute approximate surface area is 113 Å². The molecule has 0 saturated heterocycles.